The van der Waals surface area contributed by atoms with Gasteiger partial charge in [-0.15, -0.1) is 0 Å². The predicted molar refractivity (Wildman–Crippen MR) is 72.8 cm³/mol. The Kier molecular flexibility index (Phi) is 4.18. The van der Waals surface area contributed by atoms with Crippen LogP contribution in [0.4, 0.5) is 5.82 Å². The maximum atomic E-state index is 12.2. The number of hydrogen-bond acceptors (Lipinski definition) is 3. The number of pyridine rings is 1. The average Bonchev–Trinajstić information content (AvgIpc) is 2.82. The topological polar surface area (TPSA) is 45.2 Å². The fourth-order valence-electron chi connectivity index (χ4n) is 2.28. The van der Waals surface area contributed by atoms with Gasteiger partial charge < -0.3 is 10.2 Å². The molecule has 4 nitrogen and oxygen atoms in total. The molecule has 98 valence electrons. The van der Waals surface area contributed by atoms with Gasteiger partial charge in [-0.3, -0.25) is 4.79 Å². The first kappa shape index (κ1) is 12.9. The summed E-state index contributed by atoms with van der Waals surface area (Å²) >= 11 is 0. The number of amides is 1. The van der Waals surface area contributed by atoms with E-state index >= 15 is 0 Å². The van der Waals surface area contributed by atoms with E-state index in [2.05, 4.69) is 24.1 Å². The first-order chi connectivity index (χ1) is 8.72. The van der Waals surface area contributed by atoms with E-state index < -0.39 is 0 Å². The minimum absolute atomic E-state index is 0.106. The van der Waals surface area contributed by atoms with E-state index in [1.54, 1.807) is 6.20 Å². The van der Waals surface area contributed by atoms with E-state index in [1.165, 1.54) is 0 Å². The van der Waals surface area contributed by atoms with Crippen LogP contribution in [-0.4, -0.2) is 34.9 Å². The van der Waals surface area contributed by atoms with Gasteiger partial charge in [0, 0.05) is 25.3 Å². The number of hydrogen-bond donors (Lipinski definition) is 1. The molecule has 0 aromatic carbocycles. The second-order valence-electron chi connectivity index (χ2n) is 4.85. The summed E-state index contributed by atoms with van der Waals surface area (Å²) in [7, 11) is 0. The monoisotopic (exact) mass is 247 g/mol. The molecular formula is C14H21N3O. The lowest BCUT2D eigenvalue weighted by molar-refractivity contribution is 0.0747. The number of nitrogens with zero attached hydrogens (tertiary/aromatic N) is 2. The first-order valence-electron chi connectivity index (χ1n) is 6.73. The highest BCUT2D eigenvalue weighted by molar-refractivity contribution is 5.94. The van der Waals surface area contributed by atoms with Crippen LogP contribution in [0.15, 0.2) is 18.3 Å². The van der Waals surface area contributed by atoms with Crippen molar-refractivity contribution in [1.29, 1.82) is 0 Å². The molecule has 1 atom stereocenters. The van der Waals surface area contributed by atoms with Crippen molar-refractivity contribution in [2.24, 2.45) is 0 Å². The second kappa shape index (κ2) is 5.85. The van der Waals surface area contributed by atoms with Crippen molar-refractivity contribution in [2.45, 2.75) is 39.2 Å². The van der Waals surface area contributed by atoms with Gasteiger partial charge in [-0.1, -0.05) is 6.92 Å². The van der Waals surface area contributed by atoms with E-state index in [0.29, 0.717) is 11.6 Å². The summed E-state index contributed by atoms with van der Waals surface area (Å²) in [6.45, 7) is 5.99. The fourth-order valence-corrected chi connectivity index (χ4v) is 2.28. The van der Waals surface area contributed by atoms with Gasteiger partial charge in [0.25, 0.3) is 5.91 Å². The average molecular weight is 247 g/mol. The summed E-state index contributed by atoms with van der Waals surface area (Å²) in [6.07, 6.45) is 4.95. The third-order valence-corrected chi connectivity index (χ3v) is 3.38. The molecule has 1 N–H and O–H groups in total. The Labute approximate surface area is 108 Å². The third-order valence-electron chi connectivity index (χ3n) is 3.38. The molecule has 0 aliphatic carbocycles. The van der Waals surface area contributed by atoms with Gasteiger partial charge in [-0.2, -0.15) is 0 Å². The van der Waals surface area contributed by atoms with E-state index in [4.69, 9.17) is 0 Å². The van der Waals surface area contributed by atoms with Crippen molar-refractivity contribution in [2.75, 3.05) is 18.4 Å². The molecule has 2 heterocycles. The van der Waals surface area contributed by atoms with Gasteiger partial charge in [0.2, 0.25) is 0 Å². The van der Waals surface area contributed by atoms with Crippen LogP contribution < -0.4 is 5.32 Å². The second-order valence-corrected chi connectivity index (χ2v) is 4.85. The van der Waals surface area contributed by atoms with Gasteiger partial charge >= 0.3 is 0 Å². The van der Waals surface area contributed by atoms with Gasteiger partial charge in [-0.05, 0) is 38.3 Å². The zero-order chi connectivity index (χ0) is 13.0. The molecule has 1 saturated heterocycles. The maximum Gasteiger partial charge on any atom is 0.255 e. The van der Waals surface area contributed by atoms with Gasteiger partial charge in [-0.25, -0.2) is 4.98 Å². The standard InChI is InChI=1S/C14H21N3O/c1-3-8-15-13-7-6-12(10-16-13)14(18)17-9-4-5-11(17)2/h6-7,10-11H,3-5,8-9H2,1-2H3,(H,15,16). The summed E-state index contributed by atoms with van der Waals surface area (Å²) in [5.41, 5.74) is 0.686. The summed E-state index contributed by atoms with van der Waals surface area (Å²) < 4.78 is 0. The quantitative estimate of drug-likeness (QED) is 0.889. The minimum atomic E-state index is 0.106. The number of anilines is 1. The zero-order valence-electron chi connectivity index (χ0n) is 11.1. The summed E-state index contributed by atoms with van der Waals surface area (Å²) in [6, 6.07) is 4.09. The Bertz CT molecular complexity index is 402. The number of rotatable bonds is 4. The Balaban J connectivity index is 2.02. The Hall–Kier alpha value is -1.58. The normalized spacial score (nSPS) is 19.0. The van der Waals surface area contributed by atoms with Crippen LogP contribution in [0.1, 0.15) is 43.5 Å². The predicted octanol–water partition coefficient (Wildman–Crippen LogP) is 2.53. The van der Waals surface area contributed by atoms with Gasteiger partial charge in [0.05, 0.1) is 5.56 Å². The molecule has 1 aromatic rings. The van der Waals surface area contributed by atoms with Crippen molar-refractivity contribution in [3.63, 3.8) is 0 Å². The highest BCUT2D eigenvalue weighted by atomic mass is 16.2. The molecule has 1 amide bonds. The molecule has 0 saturated carbocycles. The van der Waals surface area contributed by atoms with Crippen molar-refractivity contribution < 1.29 is 4.79 Å². The summed E-state index contributed by atoms with van der Waals surface area (Å²) in [5.74, 6) is 0.942. The van der Waals surface area contributed by atoms with Crippen LogP contribution in [0.3, 0.4) is 0 Å². The van der Waals surface area contributed by atoms with E-state index in [1.807, 2.05) is 17.0 Å². The maximum absolute atomic E-state index is 12.2. The van der Waals surface area contributed by atoms with E-state index in [0.717, 1.165) is 38.2 Å². The molecule has 0 bridgehead atoms. The van der Waals surface area contributed by atoms with E-state index in [-0.39, 0.29) is 5.91 Å². The molecule has 2 rings (SSSR count). The lowest BCUT2D eigenvalue weighted by atomic mass is 10.2. The summed E-state index contributed by atoms with van der Waals surface area (Å²) in [5, 5.41) is 3.20. The lowest BCUT2D eigenvalue weighted by Crippen LogP contribution is -2.33. The molecule has 0 radical (unpaired) electrons. The molecule has 18 heavy (non-hydrogen) atoms. The van der Waals surface area contributed by atoms with Crippen LogP contribution in [-0.2, 0) is 0 Å². The number of carbonyl (C=O) groups excluding carboxylic acids is 1. The highest BCUT2D eigenvalue weighted by Crippen LogP contribution is 2.19. The van der Waals surface area contributed by atoms with Crippen LogP contribution in [0.5, 0.6) is 0 Å². The van der Waals surface area contributed by atoms with Crippen LogP contribution in [0, 0.1) is 0 Å². The molecule has 1 unspecified atom stereocenters. The Morgan fingerprint density at radius 2 is 2.39 bits per heavy atom. The van der Waals surface area contributed by atoms with Crippen LogP contribution >= 0.6 is 0 Å². The summed E-state index contributed by atoms with van der Waals surface area (Å²) in [4.78, 5) is 18.5. The molecule has 4 heteroatoms. The molecular weight excluding hydrogens is 226 g/mol. The van der Waals surface area contributed by atoms with Crippen molar-refractivity contribution in [1.82, 2.24) is 9.88 Å². The Morgan fingerprint density at radius 1 is 1.56 bits per heavy atom. The Morgan fingerprint density at radius 3 is 2.94 bits per heavy atom. The van der Waals surface area contributed by atoms with Gasteiger partial charge in [0.15, 0.2) is 0 Å². The SMILES string of the molecule is CCCNc1ccc(C(=O)N2CCCC2C)cn1. The lowest BCUT2D eigenvalue weighted by Gasteiger charge is -2.21. The number of nitrogens with one attached hydrogen (secondary N) is 1. The highest BCUT2D eigenvalue weighted by Gasteiger charge is 2.25. The largest absolute Gasteiger partial charge is 0.370 e. The van der Waals surface area contributed by atoms with Crippen LogP contribution in [0.2, 0.25) is 0 Å². The van der Waals surface area contributed by atoms with Crippen molar-refractivity contribution in [3.8, 4) is 0 Å². The van der Waals surface area contributed by atoms with Crippen LogP contribution in [0.25, 0.3) is 0 Å². The molecule has 1 aliphatic rings. The number of aromatic nitrogens is 1. The third kappa shape index (κ3) is 2.81. The first-order valence-corrected chi connectivity index (χ1v) is 6.73. The van der Waals surface area contributed by atoms with Crippen molar-refractivity contribution >= 4 is 11.7 Å². The van der Waals surface area contributed by atoms with E-state index in [9.17, 15) is 4.79 Å². The molecule has 1 aromatic heterocycles. The molecule has 1 aliphatic heterocycles. The molecule has 1 fully saturated rings. The minimum Gasteiger partial charge on any atom is -0.370 e. The zero-order valence-corrected chi connectivity index (χ0v) is 11.1. The number of likely N-dealkylation sites (tertiary alicyclic amines) is 1. The fraction of sp³-hybridized carbons (Fsp3) is 0.571. The number of carbonyl (C=O) groups is 1. The molecule has 0 spiro atoms. The smallest absolute Gasteiger partial charge is 0.255 e. The van der Waals surface area contributed by atoms with Gasteiger partial charge in [0.1, 0.15) is 5.82 Å². The van der Waals surface area contributed by atoms with Crippen molar-refractivity contribution in [3.05, 3.63) is 23.9 Å².